The van der Waals surface area contributed by atoms with Crippen LogP contribution in [0.15, 0.2) is 207 Å². The van der Waals surface area contributed by atoms with Gasteiger partial charge in [0.2, 0.25) is 0 Å². The molecule has 4 heterocycles. The number of benzene rings is 8. The van der Waals surface area contributed by atoms with Gasteiger partial charge >= 0.3 is 6.09 Å². The van der Waals surface area contributed by atoms with E-state index in [1.54, 1.807) is 72.7 Å². The molecule has 0 radical (unpaired) electrons. The molecule has 8 aromatic carbocycles. The molecule has 434 valence electrons. The van der Waals surface area contributed by atoms with Crippen LogP contribution >= 0.6 is 0 Å². The highest BCUT2D eigenvalue weighted by Gasteiger charge is 2.40. The minimum absolute atomic E-state index is 0.151. The van der Waals surface area contributed by atoms with E-state index >= 15 is 0 Å². The van der Waals surface area contributed by atoms with Gasteiger partial charge < -0.3 is 28.7 Å². The lowest BCUT2D eigenvalue weighted by molar-refractivity contribution is 0.0754. The molecule has 0 saturated heterocycles. The number of hydrogen-bond donors (Lipinski definition) is 1. The van der Waals surface area contributed by atoms with Crippen molar-refractivity contribution in [2.75, 3.05) is 20.7 Å². The zero-order chi connectivity index (χ0) is 59.9. The third-order valence-electron chi connectivity index (χ3n) is 14.9. The van der Waals surface area contributed by atoms with Gasteiger partial charge in [0.1, 0.15) is 46.4 Å². The fourth-order valence-electron chi connectivity index (χ4n) is 10.7. The van der Waals surface area contributed by atoms with Crippen LogP contribution in [-0.2, 0) is 26.2 Å². The Kier molecular flexibility index (Phi) is 17.3. The second kappa shape index (κ2) is 25.6. The first-order chi connectivity index (χ1) is 41.7. The van der Waals surface area contributed by atoms with Crippen molar-refractivity contribution >= 4 is 47.8 Å². The van der Waals surface area contributed by atoms with E-state index in [1.807, 2.05) is 133 Å². The first-order valence-corrected chi connectivity index (χ1v) is 32.1. The minimum atomic E-state index is -1.37. The number of hydrogen-bond acceptors (Lipinski definition) is 10. The molecule has 2 aliphatic heterocycles. The predicted octanol–water partition coefficient (Wildman–Crippen LogP) is 14.7. The Hall–Kier alpha value is -9.77. The highest BCUT2D eigenvalue weighted by Crippen LogP contribution is 2.49. The van der Waals surface area contributed by atoms with Crippen LogP contribution < -0.4 is 24.4 Å². The van der Waals surface area contributed by atoms with Crippen LogP contribution in [0.5, 0.6) is 23.0 Å². The summed E-state index contributed by atoms with van der Waals surface area (Å²) in [6.07, 6.45) is 1.61. The number of fused-ring (bicyclic) bond motifs is 4. The molecule has 0 fully saturated rings. The van der Waals surface area contributed by atoms with Crippen molar-refractivity contribution in [1.29, 1.82) is 0 Å². The lowest BCUT2D eigenvalue weighted by atomic mass is 9.99. The van der Waals surface area contributed by atoms with Crippen LogP contribution in [0.4, 0.5) is 13.6 Å². The summed E-state index contributed by atoms with van der Waals surface area (Å²) in [5.41, 5.74) is 11.0. The van der Waals surface area contributed by atoms with E-state index in [2.05, 4.69) is 30.1 Å². The molecule has 2 aromatic heterocycles. The highest BCUT2D eigenvalue weighted by atomic mass is 28.3. The van der Waals surface area contributed by atoms with Gasteiger partial charge in [0.15, 0.2) is 11.5 Å². The summed E-state index contributed by atoms with van der Waals surface area (Å²) in [4.78, 5) is 54.1. The van der Waals surface area contributed by atoms with E-state index in [1.165, 1.54) is 29.3 Å². The Morgan fingerprint density at radius 2 is 0.919 bits per heavy atom. The van der Waals surface area contributed by atoms with E-state index in [9.17, 15) is 23.2 Å². The first kappa shape index (κ1) is 58.0. The molecule has 1 N–H and O–H groups in total. The molecule has 16 heteroatoms. The summed E-state index contributed by atoms with van der Waals surface area (Å²) >= 11 is 0. The van der Waals surface area contributed by atoms with Crippen LogP contribution in [0.3, 0.4) is 0 Å². The normalized spacial score (nSPS) is 12.8. The Labute approximate surface area is 499 Å². The van der Waals surface area contributed by atoms with Crippen molar-refractivity contribution in [2.24, 2.45) is 0 Å². The molecule has 86 heavy (non-hydrogen) atoms. The molecule has 0 unspecified atom stereocenters. The van der Waals surface area contributed by atoms with Gasteiger partial charge in [-0.15, -0.1) is 0 Å². The lowest BCUT2D eigenvalue weighted by Crippen LogP contribution is -2.38. The van der Waals surface area contributed by atoms with E-state index < -0.39 is 26.4 Å². The molecule has 0 aliphatic carbocycles. The molecule has 3 amide bonds. The third kappa shape index (κ3) is 13.0. The number of halogens is 2. The summed E-state index contributed by atoms with van der Waals surface area (Å²) in [7, 11) is 1.97. The van der Waals surface area contributed by atoms with Gasteiger partial charge in [-0.1, -0.05) is 165 Å². The van der Waals surface area contributed by atoms with Crippen LogP contribution in [0, 0.1) is 11.6 Å². The Balaban J connectivity index is 0.000000179. The fraction of sp³-hybridized carbons (Fsp3) is 0.186. The van der Waals surface area contributed by atoms with Crippen molar-refractivity contribution in [2.45, 2.75) is 64.1 Å². The average Bonchev–Trinajstić information content (AvgIpc) is 1.60. The lowest BCUT2D eigenvalue weighted by Gasteiger charge is -2.24. The largest absolute Gasteiger partial charge is 0.493 e. The number of carbonyl (C=O) groups excluding carboxylic acids is 3. The molecular weight excluding hydrogens is 1100 g/mol. The van der Waals surface area contributed by atoms with Gasteiger partial charge in [-0.25, -0.2) is 18.6 Å². The van der Waals surface area contributed by atoms with Crippen LogP contribution in [0.1, 0.15) is 77.4 Å². The minimum Gasteiger partial charge on any atom is -0.493 e. The maximum Gasteiger partial charge on any atom is 0.427 e. The summed E-state index contributed by atoms with van der Waals surface area (Å²) < 4.78 is 53.4. The summed E-state index contributed by atoms with van der Waals surface area (Å²) in [5.74, 6) is 0.548. The molecule has 10 aromatic rings. The van der Waals surface area contributed by atoms with Gasteiger partial charge in [0, 0.05) is 69.6 Å². The van der Waals surface area contributed by atoms with Crippen molar-refractivity contribution < 1.29 is 42.1 Å². The van der Waals surface area contributed by atoms with Crippen LogP contribution in [-0.4, -0.2) is 71.5 Å². The van der Waals surface area contributed by atoms with Crippen LogP contribution in [0.25, 0.3) is 21.8 Å². The summed E-state index contributed by atoms with van der Waals surface area (Å²) in [6, 6.07) is 60.2. The second-order valence-corrected chi connectivity index (χ2v) is 28.2. The standard InChI is InChI=1S/C36H35FN2O3Si.C34H29FN4O4/c1-43(2,3)22-21-41-34-29-15-10-20-38-32(29)35(42-33(26-11-6-4-7-12-26)27-13-8-5-9-14-27)31-30(34)24-39(36(31)40)23-25-16-18-28(37)19-17-25;1-38(2)37-34(41)43-31-26-14-9-19-36-29(26)32(42-30(23-10-5-3-6-11-23)24-12-7-4-8-13-24)28-27(31)21-39(33(28)40)20-22-15-17-25(35)18-16-22/h4-20,33H,21-24H2,1-3H3;3-19,30H,20-21H2,1-2H3,(H,37,41). The number of hydrazine groups is 1. The van der Waals surface area contributed by atoms with Gasteiger partial charge in [-0.3, -0.25) is 25.0 Å². The highest BCUT2D eigenvalue weighted by molar-refractivity contribution is 6.76. The SMILES string of the molecule is CN(C)NC(=O)Oc1c2c(c(OC(c3ccccc3)c3ccccc3)c3ncccc13)C(=O)N(Cc1ccc(F)cc1)C2.C[Si](C)(C)CCOc1c2c(c(OC(c3ccccc3)c3ccccc3)c3ncccc13)C(=O)N(Cc1ccc(F)cc1)C2. The van der Waals surface area contributed by atoms with Crippen molar-refractivity contribution in [3.63, 3.8) is 0 Å². The number of pyridine rings is 2. The van der Waals surface area contributed by atoms with Crippen molar-refractivity contribution in [3.05, 3.63) is 274 Å². The average molecular weight is 1170 g/mol. The van der Waals surface area contributed by atoms with E-state index in [4.69, 9.17) is 23.9 Å². The van der Waals surface area contributed by atoms with Gasteiger partial charge in [0.05, 0.1) is 30.8 Å². The number of aromatic nitrogens is 2. The molecule has 0 saturated carbocycles. The molecule has 2 aliphatic rings. The number of rotatable bonds is 18. The Morgan fingerprint density at radius 1 is 0.535 bits per heavy atom. The number of amides is 3. The number of nitrogens with one attached hydrogen (secondary N) is 1. The monoisotopic (exact) mass is 1170 g/mol. The first-order valence-electron chi connectivity index (χ1n) is 28.4. The van der Waals surface area contributed by atoms with E-state index in [0.717, 1.165) is 50.4 Å². The van der Waals surface area contributed by atoms with Gasteiger partial charge in [-0.05, 0) is 88.0 Å². The smallest absolute Gasteiger partial charge is 0.427 e. The number of carbonyl (C=O) groups is 3. The maximum atomic E-state index is 14.3. The quantitative estimate of drug-likeness (QED) is 0.0653. The predicted molar refractivity (Wildman–Crippen MR) is 331 cm³/mol. The van der Waals surface area contributed by atoms with Crippen molar-refractivity contribution in [1.82, 2.24) is 30.2 Å². The number of nitrogens with zero attached hydrogens (tertiary/aromatic N) is 5. The third-order valence-corrected chi connectivity index (χ3v) is 16.6. The molecule has 12 rings (SSSR count). The van der Waals surface area contributed by atoms with Crippen LogP contribution in [0.2, 0.25) is 25.7 Å². The topological polar surface area (TPSA) is 136 Å². The van der Waals surface area contributed by atoms with Gasteiger partial charge in [-0.2, -0.15) is 0 Å². The molecule has 13 nitrogen and oxygen atoms in total. The van der Waals surface area contributed by atoms with E-state index in [-0.39, 0.29) is 47.9 Å². The zero-order valence-electron chi connectivity index (χ0n) is 48.4. The number of ether oxygens (including phenoxy) is 4. The molecular formula is C70H64F2N6O7Si. The fourth-order valence-corrected chi connectivity index (χ4v) is 11.5. The molecule has 0 bridgehead atoms. The Morgan fingerprint density at radius 3 is 1.30 bits per heavy atom. The summed E-state index contributed by atoms with van der Waals surface area (Å²) in [5, 5.41) is 2.82. The molecule has 0 spiro atoms. The Bertz CT molecular complexity index is 3970. The van der Waals surface area contributed by atoms with Gasteiger partial charge in [0.25, 0.3) is 11.8 Å². The zero-order valence-corrected chi connectivity index (χ0v) is 49.4. The second-order valence-electron chi connectivity index (χ2n) is 22.6. The van der Waals surface area contributed by atoms with E-state index in [0.29, 0.717) is 64.5 Å². The summed E-state index contributed by atoms with van der Waals surface area (Å²) in [6.45, 7) is 8.59. The molecule has 0 atom stereocenters. The van der Waals surface area contributed by atoms with Crippen molar-refractivity contribution in [3.8, 4) is 23.0 Å². The maximum absolute atomic E-state index is 14.3.